The molecule has 3 heterocycles. The first-order valence-electron chi connectivity index (χ1n) is 6.51. The van der Waals surface area contributed by atoms with Gasteiger partial charge in [0.25, 0.3) is 5.91 Å². The lowest BCUT2D eigenvalue weighted by atomic mass is 10.3. The third kappa shape index (κ3) is 2.92. The number of nitrogens with two attached hydrogens (primary N) is 1. The van der Waals surface area contributed by atoms with Crippen LogP contribution in [-0.4, -0.2) is 47.0 Å². The number of hydrogen-bond donors (Lipinski definition) is 1. The van der Waals surface area contributed by atoms with Crippen molar-refractivity contribution in [3.63, 3.8) is 0 Å². The number of aromatic nitrogens is 2. The molecular weight excluding hydrogens is 294 g/mol. The lowest BCUT2D eigenvalue weighted by Gasteiger charge is -2.35. The SMILES string of the molecule is Nc1nc(Cl)cc(N2CCN(C(=O)c3ccco3)CC2)n1. The number of furan rings is 1. The summed E-state index contributed by atoms with van der Waals surface area (Å²) in [5.41, 5.74) is 5.60. The summed E-state index contributed by atoms with van der Waals surface area (Å²) >= 11 is 5.88. The fourth-order valence-corrected chi connectivity index (χ4v) is 2.46. The molecule has 1 aliphatic heterocycles. The highest BCUT2D eigenvalue weighted by Gasteiger charge is 2.24. The van der Waals surface area contributed by atoms with Crippen LogP contribution in [0.5, 0.6) is 0 Å². The summed E-state index contributed by atoms with van der Waals surface area (Å²) in [4.78, 5) is 23.9. The molecule has 0 spiro atoms. The van der Waals surface area contributed by atoms with Crippen LogP contribution >= 0.6 is 11.6 Å². The van der Waals surface area contributed by atoms with Crippen molar-refractivity contribution in [1.29, 1.82) is 0 Å². The van der Waals surface area contributed by atoms with Crippen LogP contribution in [-0.2, 0) is 0 Å². The Kier molecular flexibility index (Phi) is 3.66. The molecular formula is C13H14ClN5O2. The minimum absolute atomic E-state index is 0.0973. The van der Waals surface area contributed by atoms with Gasteiger partial charge in [-0.3, -0.25) is 4.79 Å². The quantitative estimate of drug-likeness (QED) is 0.841. The molecule has 2 N–H and O–H groups in total. The van der Waals surface area contributed by atoms with E-state index < -0.39 is 0 Å². The number of hydrogen-bond acceptors (Lipinski definition) is 6. The van der Waals surface area contributed by atoms with Crippen LogP contribution in [0.2, 0.25) is 5.15 Å². The summed E-state index contributed by atoms with van der Waals surface area (Å²) in [6, 6.07) is 5.04. The second kappa shape index (κ2) is 5.61. The summed E-state index contributed by atoms with van der Waals surface area (Å²) in [5.74, 6) is 1.09. The summed E-state index contributed by atoms with van der Waals surface area (Å²) < 4.78 is 5.13. The molecule has 0 saturated carbocycles. The lowest BCUT2D eigenvalue weighted by Crippen LogP contribution is -2.49. The summed E-state index contributed by atoms with van der Waals surface area (Å²) in [5, 5.41) is 0.312. The van der Waals surface area contributed by atoms with E-state index in [4.69, 9.17) is 21.8 Å². The van der Waals surface area contributed by atoms with Crippen LogP contribution in [0.4, 0.5) is 11.8 Å². The van der Waals surface area contributed by atoms with Crippen molar-refractivity contribution in [2.75, 3.05) is 36.8 Å². The van der Waals surface area contributed by atoms with E-state index in [1.807, 2.05) is 4.90 Å². The van der Waals surface area contributed by atoms with Gasteiger partial charge in [-0.15, -0.1) is 0 Å². The highest BCUT2D eigenvalue weighted by molar-refractivity contribution is 6.29. The van der Waals surface area contributed by atoms with Crippen LogP contribution in [0.1, 0.15) is 10.6 Å². The Morgan fingerprint density at radius 1 is 1.29 bits per heavy atom. The van der Waals surface area contributed by atoms with Crippen molar-refractivity contribution >= 4 is 29.3 Å². The Morgan fingerprint density at radius 3 is 2.67 bits per heavy atom. The standard InChI is InChI=1S/C13H14ClN5O2/c14-10-8-11(17-13(15)16-10)18-3-5-19(6-4-18)12(20)9-2-1-7-21-9/h1-2,7-8H,3-6H2,(H2,15,16,17). The molecule has 1 fully saturated rings. The molecule has 1 amide bonds. The number of nitrogen functional groups attached to an aromatic ring is 1. The fraction of sp³-hybridized carbons (Fsp3) is 0.308. The number of piperazine rings is 1. The van der Waals surface area contributed by atoms with Crippen molar-refractivity contribution in [3.8, 4) is 0 Å². The van der Waals surface area contributed by atoms with Gasteiger partial charge >= 0.3 is 0 Å². The van der Waals surface area contributed by atoms with E-state index in [1.54, 1.807) is 23.1 Å². The maximum atomic E-state index is 12.2. The Hall–Kier alpha value is -2.28. The smallest absolute Gasteiger partial charge is 0.289 e. The predicted molar refractivity (Wildman–Crippen MR) is 78.3 cm³/mol. The molecule has 0 aromatic carbocycles. The maximum Gasteiger partial charge on any atom is 0.289 e. The van der Waals surface area contributed by atoms with E-state index in [-0.39, 0.29) is 11.9 Å². The lowest BCUT2D eigenvalue weighted by molar-refractivity contribution is 0.0714. The topological polar surface area (TPSA) is 88.5 Å². The van der Waals surface area contributed by atoms with Crippen molar-refractivity contribution in [2.24, 2.45) is 0 Å². The first-order valence-corrected chi connectivity index (χ1v) is 6.89. The highest BCUT2D eigenvalue weighted by atomic mass is 35.5. The second-order valence-corrected chi connectivity index (χ2v) is 5.05. The summed E-state index contributed by atoms with van der Waals surface area (Å²) in [7, 11) is 0. The van der Waals surface area contributed by atoms with Crippen molar-refractivity contribution in [3.05, 3.63) is 35.4 Å². The zero-order valence-electron chi connectivity index (χ0n) is 11.2. The van der Waals surface area contributed by atoms with E-state index in [9.17, 15) is 4.79 Å². The molecule has 8 heteroatoms. The molecule has 1 saturated heterocycles. The van der Waals surface area contributed by atoms with E-state index in [2.05, 4.69) is 9.97 Å². The molecule has 2 aromatic rings. The Morgan fingerprint density at radius 2 is 2.05 bits per heavy atom. The first-order chi connectivity index (χ1) is 10.1. The fourth-order valence-electron chi connectivity index (χ4n) is 2.28. The minimum atomic E-state index is -0.0973. The molecule has 110 valence electrons. The molecule has 0 unspecified atom stereocenters. The molecule has 21 heavy (non-hydrogen) atoms. The van der Waals surface area contributed by atoms with E-state index in [0.29, 0.717) is 42.9 Å². The van der Waals surface area contributed by atoms with Gasteiger partial charge in [-0.25, -0.2) is 4.98 Å². The molecule has 7 nitrogen and oxygen atoms in total. The second-order valence-electron chi connectivity index (χ2n) is 4.66. The molecule has 2 aromatic heterocycles. The Labute approximate surface area is 126 Å². The zero-order valence-corrected chi connectivity index (χ0v) is 12.0. The van der Waals surface area contributed by atoms with Gasteiger partial charge in [-0.2, -0.15) is 4.98 Å². The molecule has 0 bridgehead atoms. The monoisotopic (exact) mass is 307 g/mol. The zero-order chi connectivity index (χ0) is 14.8. The average molecular weight is 308 g/mol. The molecule has 0 atom stereocenters. The van der Waals surface area contributed by atoms with Crippen LogP contribution in [0.15, 0.2) is 28.9 Å². The van der Waals surface area contributed by atoms with E-state index in [1.165, 1.54) is 6.26 Å². The number of carbonyl (C=O) groups excluding carboxylic acids is 1. The van der Waals surface area contributed by atoms with Gasteiger partial charge in [0.05, 0.1) is 6.26 Å². The predicted octanol–water partition coefficient (Wildman–Crippen LogP) is 1.27. The third-order valence-corrected chi connectivity index (χ3v) is 3.52. The number of nitrogens with zero attached hydrogens (tertiary/aromatic N) is 4. The number of halogens is 1. The van der Waals surface area contributed by atoms with Crippen LogP contribution in [0, 0.1) is 0 Å². The summed E-state index contributed by atoms with van der Waals surface area (Å²) in [6.45, 7) is 2.47. The molecule has 0 radical (unpaired) electrons. The van der Waals surface area contributed by atoms with Gasteiger partial charge < -0.3 is 20.0 Å². The van der Waals surface area contributed by atoms with Gasteiger partial charge in [0.1, 0.15) is 11.0 Å². The molecule has 3 rings (SSSR count). The third-order valence-electron chi connectivity index (χ3n) is 3.32. The Balaban J connectivity index is 1.66. The van der Waals surface area contributed by atoms with Gasteiger partial charge in [-0.05, 0) is 12.1 Å². The van der Waals surface area contributed by atoms with Crippen molar-refractivity contribution in [1.82, 2.24) is 14.9 Å². The van der Waals surface area contributed by atoms with Gasteiger partial charge in [0.15, 0.2) is 5.76 Å². The van der Waals surface area contributed by atoms with Crippen molar-refractivity contribution in [2.45, 2.75) is 0 Å². The van der Waals surface area contributed by atoms with Crippen molar-refractivity contribution < 1.29 is 9.21 Å². The summed E-state index contributed by atoms with van der Waals surface area (Å²) in [6.07, 6.45) is 1.50. The average Bonchev–Trinajstić information content (AvgIpc) is 3.00. The maximum absolute atomic E-state index is 12.2. The minimum Gasteiger partial charge on any atom is -0.459 e. The van der Waals surface area contributed by atoms with Gasteiger partial charge in [0, 0.05) is 32.2 Å². The van der Waals surface area contributed by atoms with Gasteiger partial charge in [-0.1, -0.05) is 11.6 Å². The largest absolute Gasteiger partial charge is 0.459 e. The number of anilines is 2. The molecule has 1 aliphatic rings. The Bertz CT molecular complexity index is 618. The van der Waals surface area contributed by atoms with Gasteiger partial charge in [0.2, 0.25) is 5.95 Å². The normalized spacial score (nSPS) is 15.3. The van der Waals surface area contributed by atoms with Crippen LogP contribution in [0.3, 0.4) is 0 Å². The number of rotatable bonds is 2. The molecule has 0 aliphatic carbocycles. The number of carbonyl (C=O) groups is 1. The number of amides is 1. The highest BCUT2D eigenvalue weighted by Crippen LogP contribution is 2.19. The van der Waals surface area contributed by atoms with Crippen LogP contribution < -0.4 is 10.6 Å². The van der Waals surface area contributed by atoms with E-state index in [0.717, 1.165) is 0 Å². The first kappa shape index (κ1) is 13.7. The van der Waals surface area contributed by atoms with Crippen LogP contribution in [0.25, 0.3) is 0 Å². The van der Waals surface area contributed by atoms with E-state index >= 15 is 0 Å².